The lowest BCUT2D eigenvalue weighted by Gasteiger charge is -2.24. The van der Waals surface area contributed by atoms with E-state index >= 15 is 0 Å². The lowest BCUT2D eigenvalue weighted by molar-refractivity contribution is -0.157. The fourth-order valence-electron chi connectivity index (χ4n) is 2.39. The molecule has 0 aliphatic carbocycles. The molecule has 1 aliphatic heterocycles. The van der Waals surface area contributed by atoms with Gasteiger partial charge in [0.1, 0.15) is 17.7 Å². The molecule has 2 rings (SSSR count). The summed E-state index contributed by atoms with van der Waals surface area (Å²) in [6.45, 7) is 6.26. The Morgan fingerprint density at radius 3 is 2.48 bits per heavy atom. The van der Waals surface area contributed by atoms with Gasteiger partial charge in [0.05, 0.1) is 0 Å². The van der Waals surface area contributed by atoms with E-state index in [1.54, 1.807) is 52.0 Å². The zero-order valence-electron chi connectivity index (χ0n) is 13.5. The van der Waals surface area contributed by atoms with Gasteiger partial charge in [-0.3, -0.25) is 14.5 Å². The summed E-state index contributed by atoms with van der Waals surface area (Å²) in [5.41, 5.74) is -1.52. The lowest BCUT2D eigenvalue weighted by atomic mass is 9.92. The molecule has 1 aliphatic rings. The summed E-state index contributed by atoms with van der Waals surface area (Å²) in [4.78, 5) is 37.5. The predicted molar refractivity (Wildman–Crippen MR) is 84.9 cm³/mol. The topological polar surface area (TPSA) is 75.7 Å². The van der Waals surface area contributed by atoms with E-state index in [1.165, 1.54) is 0 Å². The van der Waals surface area contributed by atoms with Gasteiger partial charge < -0.3 is 10.1 Å². The quantitative estimate of drug-likeness (QED) is 0.678. The molecule has 1 aromatic rings. The first kappa shape index (κ1) is 17.3. The Balaban J connectivity index is 2.24. The van der Waals surface area contributed by atoms with E-state index in [-0.39, 0.29) is 0 Å². The summed E-state index contributed by atoms with van der Waals surface area (Å²) in [7, 11) is 0. The highest BCUT2D eigenvalue weighted by molar-refractivity contribution is 6.32. The highest BCUT2D eigenvalue weighted by Crippen LogP contribution is 2.33. The zero-order chi connectivity index (χ0) is 17.4. The smallest absolute Gasteiger partial charge is 0.326 e. The van der Waals surface area contributed by atoms with Crippen molar-refractivity contribution in [1.82, 2.24) is 10.2 Å². The maximum atomic E-state index is 12.7. The van der Waals surface area contributed by atoms with Gasteiger partial charge in [-0.05, 0) is 33.8 Å². The minimum atomic E-state index is -1.31. The van der Waals surface area contributed by atoms with Gasteiger partial charge in [0.25, 0.3) is 5.91 Å². The number of hydrogen-bond acceptors (Lipinski definition) is 4. The van der Waals surface area contributed by atoms with E-state index in [0.29, 0.717) is 10.6 Å². The van der Waals surface area contributed by atoms with E-state index in [1.807, 2.05) is 0 Å². The summed E-state index contributed by atoms with van der Waals surface area (Å²) in [5.74, 6) is -1.19. The van der Waals surface area contributed by atoms with E-state index < -0.39 is 35.6 Å². The van der Waals surface area contributed by atoms with Gasteiger partial charge in [-0.2, -0.15) is 0 Å². The number of benzene rings is 1. The Hall–Kier alpha value is -2.08. The first-order valence-corrected chi connectivity index (χ1v) is 7.53. The van der Waals surface area contributed by atoms with Crippen molar-refractivity contribution in [2.75, 3.05) is 6.54 Å². The second-order valence-electron chi connectivity index (χ2n) is 6.51. The van der Waals surface area contributed by atoms with Gasteiger partial charge in [0.15, 0.2) is 0 Å². The zero-order valence-corrected chi connectivity index (χ0v) is 14.2. The van der Waals surface area contributed by atoms with Crippen LogP contribution in [0.1, 0.15) is 33.3 Å². The molecule has 1 saturated heterocycles. The number of rotatable bonds is 3. The minimum absolute atomic E-state index is 0.364. The molecule has 23 heavy (non-hydrogen) atoms. The Morgan fingerprint density at radius 2 is 1.91 bits per heavy atom. The summed E-state index contributed by atoms with van der Waals surface area (Å²) in [6, 6.07) is 6.11. The number of urea groups is 1. The number of hydrogen-bond donors (Lipinski definition) is 1. The molecule has 0 bridgehead atoms. The van der Waals surface area contributed by atoms with E-state index in [9.17, 15) is 14.4 Å². The Kier molecular flexibility index (Phi) is 4.39. The summed E-state index contributed by atoms with van der Waals surface area (Å²) >= 11 is 6.13. The van der Waals surface area contributed by atoms with Crippen LogP contribution in [0.4, 0.5) is 4.79 Å². The Morgan fingerprint density at radius 1 is 1.30 bits per heavy atom. The van der Waals surface area contributed by atoms with Crippen LogP contribution in [0.2, 0.25) is 5.02 Å². The van der Waals surface area contributed by atoms with Crippen LogP contribution in [0, 0.1) is 0 Å². The van der Waals surface area contributed by atoms with Crippen molar-refractivity contribution in [2.45, 2.75) is 38.8 Å². The van der Waals surface area contributed by atoms with E-state index in [0.717, 1.165) is 4.90 Å². The largest absolute Gasteiger partial charge is 0.459 e. The second-order valence-corrected chi connectivity index (χ2v) is 6.92. The molecule has 124 valence electrons. The van der Waals surface area contributed by atoms with Gasteiger partial charge in [0, 0.05) is 10.6 Å². The number of halogens is 1. The first-order chi connectivity index (χ1) is 10.5. The average Bonchev–Trinajstić information content (AvgIpc) is 2.61. The molecule has 0 saturated carbocycles. The molecular formula is C16H19ClN2O4. The maximum Gasteiger partial charge on any atom is 0.326 e. The first-order valence-electron chi connectivity index (χ1n) is 7.15. The fraction of sp³-hybridized carbons (Fsp3) is 0.438. The average molecular weight is 339 g/mol. The van der Waals surface area contributed by atoms with Crippen molar-refractivity contribution < 1.29 is 19.1 Å². The van der Waals surface area contributed by atoms with Crippen LogP contribution in [0.15, 0.2) is 24.3 Å². The van der Waals surface area contributed by atoms with Crippen LogP contribution >= 0.6 is 11.6 Å². The molecule has 1 fully saturated rings. The standard InChI is InChI=1S/C16H19ClN2O4/c1-15(2,3)23-12(20)9-19-13(21)16(4,18-14(19)22)10-7-5-6-8-11(10)17/h5-8H,9H2,1-4H3,(H,18,22)/t16-/m1/s1. The third-order valence-electron chi connectivity index (χ3n) is 3.39. The van der Waals surface area contributed by atoms with Crippen molar-refractivity contribution in [3.8, 4) is 0 Å². The number of amides is 3. The van der Waals surface area contributed by atoms with Gasteiger partial charge in [0.2, 0.25) is 0 Å². The van der Waals surface area contributed by atoms with Gasteiger partial charge in [-0.25, -0.2) is 4.79 Å². The number of carbonyl (C=O) groups excluding carboxylic acids is 3. The number of nitrogens with one attached hydrogen (secondary N) is 1. The molecule has 1 aromatic carbocycles. The third kappa shape index (κ3) is 3.47. The molecule has 0 aromatic heterocycles. The summed E-state index contributed by atoms with van der Waals surface area (Å²) < 4.78 is 5.16. The van der Waals surface area contributed by atoms with Gasteiger partial charge in [-0.15, -0.1) is 0 Å². The second kappa shape index (κ2) is 5.85. The van der Waals surface area contributed by atoms with Gasteiger partial charge >= 0.3 is 12.0 Å². The Bertz CT molecular complexity index is 668. The molecule has 1 heterocycles. The van der Waals surface area contributed by atoms with Crippen LogP contribution in [0.25, 0.3) is 0 Å². The van der Waals surface area contributed by atoms with Crippen molar-refractivity contribution in [2.24, 2.45) is 0 Å². The number of carbonyl (C=O) groups is 3. The number of ether oxygens (including phenoxy) is 1. The predicted octanol–water partition coefficient (Wildman–Crippen LogP) is 2.45. The molecule has 6 nitrogen and oxygen atoms in total. The van der Waals surface area contributed by atoms with Crippen LogP contribution < -0.4 is 5.32 Å². The summed E-state index contributed by atoms with van der Waals surface area (Å²) in [6.07, 6.45) is 0. The van der Waals surface area contributed by atoms with E-state index in [2.05, 4.69) is 5.32 Å². The third-order valence-corrected chi connectivity index (χ3v) is 3.72. The molecule has 0 spiro atoms. The molecule has 0 unspecified atom stereocenters. The molecule has 7 heteroatoms. The normalized spacial score (nSPS) is 21.3. The van der Waals surface area contributed by atoms with Crippen molar-refractivity contribution in [3.63, 3.8) is 0 Å². The highest BCUT2D eigenvalue weighted by atomic mass is 35.5. The monoisotopic (exact) mass is 338 g/mol. The van der Waals surface area contributed by atoms with Crippen LogP contribution in [0.5, 0.6) is 0 Å². The van der Waals surface area contributed by atoms with Gasteiger partial charge in [-0.1, -0.05) is 29.8 Å². The molecule has 1 atom stereocenters. The molecule has 3 amide bonds. The summed E-state index contributed by atoms with van der Waals surface area (Å²) in [5, 5.41) is 2.96. The van der Waals surface area contributed by atoms with Crippen molar-refractivity contribution in [1.29, 1.82) is 0 Å². The highest BCUT2D eigenvalue weighted by Gasteiger charge is 2.50. The minimum Gasteiger partial charge on any atom is -0.459 e. The number of esters is 1. The fourth-order valence-corrected chi connectivity index (χ4v) is 2.72. The van der Waals surface area contributed by atoms with E-state index in [4.69, 9.17) is 16.3 Å². The number of imide groups is 1. The Labute approximate surface area is 139 Å². The van der Waals surface area contributed by atoms with Crippen LogP contribution in [0.3, 0.4) is 0 Å². The lowest BCUT2D eigenvalue weighted by Crippen LogP contribution is -2.42. The van der Waals surface area contributed by atoms with Crippen LogP contribution in [-0.4, -0.2) is 35.0 Å². The van der Waals surface area contributed by atoms with Crippen molar-refractivity contribution in [3.05, 3.63) is 34.9 Å². The van der Waals surface area contributed by atoms with Crippen molar-refractivity contribution >= 4 is 29.5 Å². The number of nitrogens with zero attached hydrogens (tertiary/aromatic N) is 1. The molecule has 1 N–H and O–H groups in total. The maximum absolute atomic E-state index is 12.7. The molecular weight excluding hydrogens is 320 g/mol. The SMILES string of the molecule is CC(C)(C)OC(=O)CN1C(=O)N[C@](C)(c2ccccc2Cl)C1=O. The molecule has 0 radical (unpaired) electrons. The van der Waals surface area contributed by atoms with Crippen LogP contribution in [-0.2, 0) is 19.9 Å².